The van der Waals surface area contributed by atoms with Crippen molar-refractivity contribution in [3.8, 4) is 0 Å². The Bertz CT molecular complexity index is 1060. The Morgan fingerprint density at radius 2 is 1.86 bits per heavy atom. The predicted molar refractivity (Wildman–Crippen MR) is 110 cm³/mol. The molecule has 1 aromatic heterocycles. The molecule has 1 aliphatic carbocycles. The van der Waals surface area contributed by atoms with Crippen LogP contribution in [0.4, 0.5) is 5.69 Å². The van der Waals surface area contributed by atoms with Crippen molar-refractivity contribution in [2.45, 2.75) is 32.2 Å². The molecule has 2 aromatic carbocycles. The lowest BCUT2D eigenvalue weighted by molar-refractivity contribution is -0.111. The summed E-state index contributed by atoms with van der Waals surface area (Å²) in [5, 5.41) is 6.75. The summed E-state index contributed by atoms with van der Waals surface area (Å²) in [5.41, 5.74) is 2.69. The van der Waals surface area contributed by atoms with Gasteiger partial charge < -0.3 is 15.1 Å². The van der Waals surface area contributed by atoms with Crippen molar-refractivity contribution in [1.29, 1.82) is 0 Å². The van der Waals surface area contributed by atoms with Crippen molar-refractivity contribution in [3.63, 3.8) is 0 Å². The standard InChI is InChI=1S/C23H22N2O3/c1-2-20-17(16-7-4-6-10-21(16)28-20)13-14-22(26)25-19-9-5-3-8-18(19)23(27)24-15-11-12-15/h3-10,13-15H,2,11-12H2,1H3,(H,24,27)(H,25,26)/b14-13+. The molecule has 2 N–H and O–H groups in total. The highest BCUT2D eigenvalue weighted by Gasteiger charge is 2.24. The van der Waals surface area contributed by atoms with Crippen LogP contribution in [0, 0.1) is 0 Å². The van der Waals surface area contributed by atoms with E-state index in [1.54, 1.807) is 30.3 Å². The lowest BCUT2D eigenvalue weighted by Crippen LogP contribution is -2.26. The third-order valence-corrected chi connectivity index (χ3v) is 4.78. The summed E-state index contributed by atoms with van der Waals surface area (Å²) in [5.74, 6) is 0.393. The van der Waals surface area contributed by atoms with Crippen molar-refractivity contribution in [3.05, 3.63) is 71.5 Å². The van der Waals surface area contributed by atoms with E-state index in [1.165, 1.54) is 6.08 Å². The second-order valence-electron chi connectivity index (χ2n) is 6.90. The van der Waals surface area contributed by atoms with Gasteiger partial charge in [-0.1, -0.05) is 37.3 Å². The number of aryl methyl sites for hydroxylation is 1. The average molecular weight is 374 g/mol. The van der Waals surface area contributed by atoms with Gasteiger partial charge in [0.1, 0.15) is 11.3 Å². The molecule has 4 rings (SSSR count). The van der Waals surface area contributed by atoms with Gasteiger partial charge in [0.25, 0.3) is 5.91 Å². The molecule has 0 spiro atoms. The van der Waals surface area contributed by atoms with Gasteiger partial charge in [-0.25, -0.2) is 0 Å². The number of nitrogens with one attached hydrogen (secondary N) is 2. The minimum absolute atomic E-state index is 0.156. The number of benzene rings is 2. The van der Waals surface area contributed by atoms with Gasteiger partial charge in [-0.15, -0.1) is 0 Å². The van der Waals surface area contributed by atoms with Crippen LogP contribution in [0.5, 0.6) is 0 Å². The molecule has 1 aliphatic rings. The van der Waals surface area contributed by atoms with Gasteiger partial charge in [0.2, 0.25) is 5.91 Å². The van der Waals surface area contributed by atoms with Gasteiger partial charge >= 0.3 is 0 Å². The lowest BCUT2D eigenvalue weighted by atomic mass is 10.1. The van der Waals surface area contributed by atoms with Crippen LogP contribution in [0.15, 0.2) is 59.0 Å². The first-order chi connectivity index (χ1) is 13.7. The maximum Gasteiger partial charge on any atom is 0.253 e. The zero-order valence-corrected chi connectivity index (χ0v) is 15.7. The zero-order chi connectivity index (χ0) is 19.5. The van der Waals surface area contributed by atoms with Crippen molar-refractivity contribution >= 4 is 34.5 Å². The molecule has 1 fully saturated rings. The average Bonchev–Trinajstić information content (AvgIpc) is 3.44. The second kappa shape index (κ2) is 7.72. The Morgan fingerprint density at radius 3 is 2.64 bits per heavy atom. The van der Waals surface area contributed by atoms with Gasteiger partial charge in [0, 0.05) is 29.5 Å². The monoisotopic (exact) mass is 374 g/mol. The predicted octanol–water partition coefficient (Wildman–Crippen LogP) is 4.54. The highest BCUT2D eigenvalue weighted by molar-refractivity contribution is 6.08. The fourth-order valence-electron chi connectivity index (χ4n) is 3.18. The lowest BCUT2D eigenvalue weighted by Gasteiger charge is -2.09. The second-order valence-corrected chi connectivity index (χ2v) is 6.90. The Labute approximate surface area is 163 Å². The van der Waals surface area contributed by atoms with E-state index in [-0.39, 0.29) is 17.9 Å². The molecule has 0 atom stereocenters. The Balaban J connectivity index is 1.53. The summed E-state index contributed by atoms with van der Waals surface area (Å²) in [7, 11) is 0. The fourth-order valence-corrected chi connectivity index (χ4v) is 3.18. The molecule has 0 bridgehead atoms. The molecule has 28 heavy (non-hydrogen) atoms. The fraction of sp³-hybridized carbons (Fsp3) is 0.217. The van der Waals surface area contributed by atoms with Crippen LogP contribution in [0.3, 0.4) is 0 Å². The number of anilines is 1. The minimum Gasteiger partial charge on any atom is -0.460 e. The van der Waals surface area contributed by atoms with Crippen LogP contribution >= 0.6 is 0 Å². The number of amides is 2. The van der Waals surface area contributed by atoms with E-state index in [2.05, 4.69) is 10.6 Å². The van der Waals surface area contributed by atoms with E-state index in [0.717, 1.165) is 41.6 Å². The first-order valence-electron chi connectivity index (χ1n) is 9.55. The minimum atomic E-state index is -0.293. The van der Waals surface area contributed by atoms with E-state index in [1.807, 2.05) is 31.2 Å². The number of furan rings is 1. The summed E-state index contributed by atoms with van der Waals surface area (Å²) < 4.78 is 5.86. The van der Waals surface area contributed by atoms with Gasteiger partial charge in [-0.2, -0.15) is 0 Å². The highest BCUT2D eigenvalue weighted by atomic mass is 16.3. The Hall–Kier alpha value is -3.34. The zero-order valence-electron chi connectivity index (χ0n) is 15.7. The summed E-state index contributed by atoms with van der Waals surface area (Å²) in [6.07, 6.45) is 6.02. The molecule has 142 valence electrons. The number of fused-ring (bicyclic) bond motifs is 1. The van der Waals surface area contributed by atoms with Crippen molar-refractivity contribution in [2.75, 3.05) is 5.32 Å². The quantitative estimate of drug-likeness (QED) is 0.622. The van der Waals surface area contributed by atoms with E-state index in [4.69, 9.17) is 4.42 Å². The number of carbonyl (C=O) groups is 2. The molecular weight excluding hydrogens is 352 g/mol. The number of hydrogen-bond donors (Lipinski definition) is 2. The summed E-state index contributed by atoms with van der Waals surface area (Å²) in [6, 6.07) is 15.1. The van der Waals surface area contributed by atoms with Gasteiger partial charge in [0.15, 0.2) is 0 Å². The smallest absolute Gasteiger partial charge is 0.253 e. The van der Waals surface area contributed by atoms with E-state index in [9.17, 15) is 9.59 Å². The van der Waals surface area contributed by atoms with E-state index < -0.39 is 0 Å². The molecule has 0 saturated heterocycles. The maximum atomic E-state index is 12.5. The van der Waals surface area contributed by atoms with Crippen molar-refractivity contribution < 1.29 is 14.0 Å². The van der Waals surface area contributed by atoms with E-state index in [0.29, 0.717) is 11.3 Å². The summed E-state index contributed by atoms with van der Waals surface area (Å²) >= 11 is 0. The Morgan fingerprint density at radius 1 is 1.11 bits per heavy atom. The molecule has 0 aliphatic heterocycles. The Kier molecular flexibility index (Phi) is 4.98. The number of carbonyl (C=O) groups excluding carboxylic acids is 2. The highest BCUT2D eigenvalue weighted by Crippen LogP contribution is 2.27. The molecule has 5 nitrogen and oxygen atoms in total. The topological polar surface area (TPSA) is 71.3 Å². The van der Waals surface area contributed by atoms with Gasteiger partial charge in [-0.3, -0.25) is 9.59 Å². The maximum absolute atomic E-state index is 12.5. The molecule has 0 unspecified atom stereocenters. The first-order valence-corrected chi connectivity index (χ1v) is 9.55. The summed E-state index contributed by atoms with van der Waals surface area (Å²) in [6.45, 7) is 2.02. The van der Waals surface area contributed by atoms with Crippen molar-refractivity contribution in [2.24, 2.45) is 0 Å². The van der Waals surface area contributed by atoms with Gasteiger partial charge in [0.05, 0.1) is 11.3 Å². The molecule has 1 saturated carbocycles. The van der Waals surface area contributed by atoms with Crippen molar-refractivity contribution in [1.82, 2.24) is 5.32 Å². The molecule has 3 aromatic rings. The van der Waals surface area contributed by atoms with Crippen LogP contribution in [0.2, 0.25) is 0 Å². The van der Waals surface area contributed by atoms with Crippen LogP contribution < -0.4 is 10.6 Å². The molecular formula is C23H22N2O3. The third-order valence-electron chi connectivity index (χ3n) is 4.78. The molecule has 1 heterocycles. The molecule has 0 radical (unpaired) electrons. The van der Waals surface area contributed by atoms with Crippen LogP contribution in [-0.4, -0.2) is 17.9 Å². The van der Waals surface area contributed by atoms with E-state index >= 15 is 0 Å². The van der Waals surface area contributed by atoms with Crippen LogP contribution in [-0.2, 0) is 11.2 Å². The number of para-hydroxylation sites is 2. The molecule has 5 heteroatoms. The van der Waals surface area contributed by atoms with Crippen LogP contribution in [0.25, 0.3) is 17.0 Å². The summed E-state index contributed by atoms with van der Waals surface area (Å²) in [4.78, 5) is 24.9. The SMILES string of the molecule is CCc1oc2ccccc2c1/C=C/C(=O)Nc1ccccc1C(=O)NC1CC1. The van der Waals surface area contributed by atoms with Crippen LogP contribution in [0.1, 0.15) is 41.4 Å². The first kappa shape index (κ1) is 18.0. The van der Waals surface area contributed by atoms with Gasteiger partial charge in [-0.05, 0) is 37.1 Å². The third kappa shape index (κ3) is 3.83. The normalized spacial score (nSPS) is 13.8. The largest absolute Gasteiger partial charge is 0.460 e. The number of hydrogen-bond acceptors (Lipinski definition) is 3. The molecule has 2 amide bonds. The number of rotatable bonds is 6.